The maximum Gasteiger partial charge on any atom is 0.417 e. The Bertz CT molecular complexity index is 725. The number of benzene rings is 1. The van der Waals surface area contributed by atoms with Crippen LogP contribution in [-0.4, -0.2) is 41.6 Å². The number of amides is 2. The fourth-order valence-electron chi connectivity index (χ4n) is 3.35. The normalized spacial score (nSPS) is 23.0. The summed E-state index contributed by atoms with van der Waals surface area (Å²) >= 11 is 0. The lowest BCUT2D eigenvalue weighted by molar-refractivity contribution is -0.138. The summed E-state index contributed by atoms with van der Waals surface area (Å²) in [5.74, 6) is -1.14. The van der Waals surface area contributed by atoms with Crippen LogP contribution in [0.1, 0.15) is 48.2 Å². The highest BCUT2D eigenvalue weighted by Crippen LogP contribution is 2.40. The zero-order chi connectivity index (χ0) is 18.6. The molecule has 0 spiro atoms. The van der Waals surface area contributed by atoms with Crippen LogP contribution in [-0.2, 0) is 10.9 Å². The van der Waals surface area contributed by atoms with Crippen LogP contribution in [0.5, 0.6) is 0 Å². The molecule has 0 aliphatic carbocycles. The molecule has 0 aromatic heterocycles. The van der Waals surface area contributed by atoms with Gasteiger partial charge in [-0.05, 0) is 32.4 Å². The molecule has 2 heterocycles. The number of nitrogens with zero attached hydrogens (tertiary/aromatic N) is 1. The molecule has 8 heteroatoms. The Morgan fingerprint density at radius 2 is 1.92 bits per heavy atom. The van der Waals surface area contributed by atoms with Crippen molar-refractivity contribution in [2.24, 2.45) is 0 Å². The molecule has 0 saturated carbocycles. The number of halogens is 3. The van der Waals surface area contributed by atoms with Gasteiger partial charge in [0.15, 0.2) is 0 Å². The first kappa shape index (κ1) is 17.6. The number of rotatable bonds is 0. The third-order valence-electron chi connectivity index (χ3n) is 4.32. The Kier molecular flexibility index (Phi) is 3.96. The SMILES string of the molecule is CC(C)(C)OC(=O)N1C[C@H]2NC(=O)c3c(cccc3C(F)(F)F)[C@@H]2C1. The summed E-state index contributed by atoms with van der Waals surface area (Å²) in [6.07, 6.45) is -5.15. The third-order valence-corrected chi connectivity index (χ3v) is 4.32. The van der Waals surface area contributed by atoms with Crippen molar-refractivity contribution < 1.29 is 27.5 Å². The molecule has 136 valence electrons. The Balaban J connectivity index is 1.92. The maximum absolute atomic E-state index is 13.2. The zero-order valence-corrected chi connectivity index (χ0v) is 14.1. The lowest BCUT2D eigenvalue weighted by Gasteiger charge is -2.29. The van der Waals surface area contributed by atoms with Crippen LogP contribution >= 0.6 is 0 Å². The van der Waals surface area contributed by atoms with E-state index in [1.807, 2.05) is 0 Å². The van der Waals surface area contributed by atoms with Crippen molar-refractivity contribution in [2.75, 3.05) is 13.1 Å². The molecule has 2 aliphatic heterocycles. The van der Waals surface area contributed by atoms with E-state index < -0.39 is 35.4 Å². The summed E-state index contributed by atoms with van der Waals surface area (Å²) in [6, 6.07) is 3.31. The number of likely N-dealkylation sites (tertiary alicyclic amines) is 1. The standard InChI is InChI=1S/C17H19F3N2O3/c1-16(2,3)25-15(24)22-7-10-9-5-4-6-11(17(18,19)20)13(9)14(23)21-12(10)8-22/h4-6,10,12H,7-8H2,1-3H3,(H,21,23)/t10-,12+/m0/s1. The van der Waals surface area contributed by atoms with Gasteiger partial charge < -0.3 is 15.0 Å². The molecule has 0 radical (unpaired) electrons. The first-order valence-corrected chi connectivity index (χ1v) is 7.96. The summed E-state index contributed by atoms with van der Waals surface area (Å²) < 4.78 is 45.0. The average molecular weight is 356 g/mol. The largest absolute Gasteiger partial charge is 0.444 e. The van der Waals surface area contributed by atoms with E-state index >= 15 is 0 Å². The van der Waals surface area contributed by atoms with Crippen molar-refractivity contribution in [1.29, 1.82) is 0 Å². The van der Waals surface area contributed by atoms with Gasteiger partial charge in [0.1, 0.15) is 5.60 Å². The van der Waals surface area contributed by atoms with E-state index in [1.165, 1.54) is 17.0 Å². The van der Waals surface area contributed by atoms with E-state index in [4.69, 9.17) is 4.74 Å². The minimum absolute atomic E-state index is 0.203. The van der Waals surface area contributed by atoms with Gasteiger partial charge in [-0.2, -0.15) is 13.2 Å². The topological polar surface area (TPSA) is 58.6 Å². The van der Waals surface area contributed by atoms with E-state index in [-0.39, 0.29) is 24.6 Å². The maximum atomic E-state index is 13.2. The van der Waals surface area contributed by atoms with Crippen molar-refractivity contribution in [3.63, 3.8) is 0 Å². The number of nitrogens with one attached hydrogen (secondary N) is 1. The van der Waals surface area contributed by atoms with Crippen molar-refractivity contribution in [3.8, 4) is 0 Å². The summed E-state index contributed by atoms with van der Waals surface area (Å²) in [5.41, 5.74) is -1.64. The van der Waals surface area contributed by atoms with Gasteiger partial charge in [-0.15, -0.1) is 0 Å². The molecule has 3 rings (SSSR count). The first-order chi connectivity index (χ1) is 11.5. The van der Waals surface area contributed by atoms with Crippen LogP contribution in [0, 0.1) is 0 Å². The molecule has 1 fully saturated rings. The Morgan fingerprint density at radius 1 is 1.24 bits per heavy atom. The number of hydrogen-bond donors (Lipinski definition) is 1. The molecule has 1 N–H and O–H groups in total. The van der Waals surface area contributed by atoms with Gasteiger partial charge in [-0.25, -0.2) is 4.79 Å². The molecule has 0 unspecified atom stereocenters. The van der Waals surface area contributed by atoms with Crippen LogP contribution in [0.2, 0.25) is 0 Å². The van der Waals surface area contributed by atoms with Crippen molar-refractivity contribution in [2.45, 2.75) is 44.5 Å². The van der Waals surface area contributed by atoms with E-state index in [1.54, 1.807) is 20.8 Å². The van der Waals surface area contributed by atoms with Crippen molar-refractivity contribution in [1.82, 2.24) is 10.2 Å². The molecule has 2 aliphatic rings. The molecular formula is C17H19F3N2O3. The summed E-state index contributed by atoms with van der Waals surface area (Å²) in [7, 11) is 0. The summed E-state index contributed by atoms with van der Waals surface area (Å²) in [5, 5.41) is 2.61. The number of ether oxygens (including phenoxy) is 1. The predicted octanol–water partition coefficient (Wildman–Crippen LogP) is 3.15. The zero-order valence-electron chi connectivity index (χ0n) is 14.1. The van der Waals surface area contributed by atoms with Gasteiger partial charge >= 0.3 is 12.3 Å². The number of hydrogen-bond acceptors (Lipinski definition) is 3. The van der Waals surface area contributed by atoms with Crippen molar-refractivity contribution in [3.05, 3.63) is 34.9 Å². The summed E-state index contributed by atoms with van der Waals surface area (Å²) in [4.78, 5) is 25.9. The molecule has 25 heavy (non-hydrogen) atoms. The van der Waals surface area contributed by atoms with Gasteiger partial charge in [0, 0.05) is 19.0 Å². The first-order valence-electron chi connectivity index (χ1n) is 7.96. The Hall–Kier alpha value is -2.25. The second-order valence-corrected chi connectivity index (χ2v) is 7.34. The van der Waals surface area contributed by atoms with Gasteiger partial charge in [0.05, 0.1) is 17.2 Å². The molecule has 0 bridgehead atoms. The molecule has 1 saturated heterocycles. The van der Waals surface area contributed by atoms with Crippen LogP contribution in [0.4, 0.5) is 18.0 Å². The molecule has 1 aromatic rings. The van der Waals surface area contributed by atoms with E-state index in [0.29, 0.717) is 5.56 Å². The monoisotopic (exact) mass is 356 g/mol. The van der Waals surface area contributed by atoms with Gasteiger partial charge in [-0.1, -0.05) is 12.1 Å². The molecule has 2 atom stereocenters. The summed E-state index contributed by atoms with van der Waals surface area (Å²) in [6.45, 7) is 5.62. The molecule has 2 amide bonds. The van der Waals surface area contributed by atoms with E-state index in [0.717, 1.165) is 6.07 Å². The van der Waals surface area contributed by atoms with Crippen LogP contribution < -0.4 is 5.32 Å². The lowest BCUT2D eigenvalue weighted by Crippen LogP contribution is -2.45. The quantitative estimate of drug-likeness (QED) is 0.777. The fraction of sp³-hybridized carbons (Fsp3) is 0.529. The molecular weight excluding hydrogens is 337 g/mol. The van der Waals surface area contributed by atoms with E-state index in [2.05, 4.69) is 5.32 Å². The minimum atomic E-state index is -4.61. The van der Waals surface area contributed by atoms with Crippen LogP contribution in [0.3, 0.4) is 0 Å². The number of alkyl halides is 3. The van der Waals surface area contributed by atoms with Crippen LogP contribution in [0.25, 0.3) is 0 Å². The number of fused-ring (bicyclic) bond motifs is 3. The average Bonchev–Trinajstić information content (AvgIpc) is 2.88. The molecule has 1 aromatic carbocycles. The Labute approximate surface area is 143 Å². The highest BCUT2D eigenvalue weighted by Gasteiger charge is 2.46. The minimum Gasteiger partial charge on any atom is -0.444 e. The van der Waals surface area contributed by atoms with E-state index in [9.17, 15) is 22.8 Å². The molecule has 5 nitrogen and oxygen atoms in total. The Morgan fingerprint density at radius 3 is 2.52 bits per heavy atom. The predicted molar refractivity (Wildman–Crippen MR) is 83.2 cm³/mol. The van der Waals surface area contributed by atoms with Gasteiger partial charge in [0.2, 0.25) is 0 Å². The van der Waals surface area contributed by atoms with Crippen molar-refractivity contribution >= 4 is 12.0 Å². The highest BCUT2D eigenvalue weighted by molar-refractivity contribution is 5.99. The lowest BCUT2D eigenvalue weighted by atomic mass is 9.84. The van der Waals surface area contributed by atoms with Gasteiger partial charge in [0.25, 0.3) is 5.91 Å². The second-order valence-electron chi connectivity index (χ2n) is 7.34. The van der Waals surface area contributed by atoms with Crippen LogP contribution in [0.15, 0.2) is 18.2 Å². The number of carbonyl (C=O) groups excluding carboxylic acids is 2. The third kappa shape index (κ3) is 3.29. The number of carbonyl (C=O) groups is 2. The highest BCUT2D eigenvalue weighted by atomic mass is 19.4. The van der Waals surface area contributed by atoms with Gasteiger partial charge in [-0.3, -0.25) is 4.79 Å². The smallest absolute Gasteiger partial charge is 0.417 e. The fourth-order valence-corrected chi connectivity index (χ4v) is 3.35. The second kappa shape index (κ2) is 5.64.